The largest absolute Gasteiger partial charge is 0.365 e. The predicted octanol–water partition coefficient (Wildman–Crippen LogP) is 5.04. The summed E-state index contributed by atoms with van der Waals surface area (Å²) in [6.45, 7) is 10.2. The maximum absolute atomic E-state index is 15.8. The van der Waals surface area contributed by atoms with Gasteiger partial charge in [-0.3, -0.25) is 14.6 Å². The first-order valence-corrected chi connectivity index (χ1v) is 12.6. The van der Waals surface area contributed by atoms with Crippen LogP contribution < -0.4 is 16.4 Å². The topological polar surface area (TPSA) is 128 Å². The lowest BCUT2D eigenvalue weighted by Gasteiger charge is -2.21. The molecule has 0 radical (unpaired) electrons. The summed E-state index contributed by atoms with van der Waals surface area (Å²) in [6.07, 6.45) is 3.65. The van der Waals surface area contributed by atoms with Gasteiger partial charge in [-0.05, 0) is 60.6 Å². The monoisotopic (exact) mass is 527 g/mol. The minimum absolute atomic E-state index is 0.00758. The highest BCUT2D eigenvalue weighted by Crippen LogP contribution is 2.37. The van der Waals surface area contributed by atoms with Gasteiger partial charge in [0.05, 0.1) is 11.9 Å². The number of hydrogen-bond acceptors (Lipinski definition) is 6. The van der Waals surface area contributed by atoms with E-state index < -0.39 is 17.6 Å². The molecule has 0 aliphatic carbocycles. The van der Waals surface area contributed by atoms with Gasteiger partial charge in [-0.25, -0.2) is 14.1 Å². The molecule has 10 heteroatoms. The van der Waals surface area contributed by atoms with Crippen LogP contribution in [0.3, 0.4) is 0 Å². The quantitative estimate of drug-likeness (QED) is 0.341. The van der Waals surface area contributed by atoms with Crippen LogP contribution in [0.5, 0.6) is 0 Å². The molecular weight excluding hydrogens is 497 g/mol. The summed E-state index contributed by atoms with van der Waals surface area (Å²) >= 11 is 0. The van der Waals surface area contributed by atoms with Crippen LogP contribution >= 0.6 is 0 Å². The van der Waals surface area contributed by atoms with E-state index in [9.17, 15) is 9.59 Å². The lowest BCUT2D eigenvalue weighted by Crippen LogP contribution is -2.16. The molecule has 0 saturated heterocycles. The molecule has 4 N–H and O–H groups in total. The minimum atomic E-state index is -0.731. The highest BCUT2D eigenvalue weighted by atomic mass is 19.1. The van der Waals surface area contributed by atoms with Crippen molar-refractivity contribution < 1.29 is 14.0 Å². The Labute approximate surface area is 225 Å². The van der Waals surface area contributed by atoms with E-state index >= 15 is 4.39 Å². The molecule has 5 rings (SSSR count). The van der Waals surface area contributed by atoms with Gasteiger partial charge in [0, 0.05) is 29.6 Å². The van der Waals surface area contributed by atoms with E-state index in [0.717, 1.165) is 11.3 Å². The summed E-state index contributed by atoms with van der Waals surface area (Å²) in [6, 6.07) is 9.14. The van der Waals surface area contributed by atoms with Gasteiger partial charge < -0.3 is 16.4 Å². The highest BCUT2D eigenvalue weighted by Gasteiger charge is 2.29. The zero-order valence-corrected chi connectivity index (χ0v) is 22.5. The van der Waals surface area contributed by atoms with Crippen molar-refractivity contribution in [3.63, 3.8) is 0 Å². The molecule has 2 aromatic heterocycles. The lowest BCUT2D eigenvalue weighted by molar-refractivity contribution is 0.0998. The Morgan fingerprint density at radius 2 is 1.90 bits per heavy atom. The molecule has 39 heavy (non-hydrogen) atoms. The van der Waals surface area contributed by atoms with Crippen LogP contribution in [0.1, 0.15) is 63.9 Å². The zero-order valence-electron chi connectivity index (χ0n) is 22.5. The lowest BCUT2D eigenvalue weighted by atomic mass is 9.85. The molecule has 0 fully saturated rings. The molecule has 0 spiro atoms. The zero-order chi connectivity index (χ0) is 28.1. The highest BCUT2D eigenvalue weighted by molar-refractivity contribution is 6.07. The van der Waals surface area contributed by atoms with Crippen molar-refractivity contribution in [1.82, 2.24) is 19.7 Å². The van der Waals surface area contributed by atoms with Crippen molar-refractivity contribution in [2.45, 2.75) is 53.0 Å². The Morgan fingerprint density at radius 3 is 2.59 bits per heavy atom. The van der Waals surface area contributed by atoms with Crippen LogP contribution in [0, 0.1) is 19.7 Å². The summed E-state index contributed by atoms with van der Waals surface area (Å²) in [7, 11) is 0. The fraction of sp³-hybridized carbons (Fsp3) is 0.276. The molecule has 3 heterocycles. The van der Waals surface area contributed by atoms with Gasteiger partial charge in [0.25, 0.3) is 11.8 Å². The van der Waals surface area contributed by atoms with E-state index in [1.54, 1.807) is 17.8 Å². The number of nitrogens with two attached hydrogens (primary N) is 1. The molecule has 0 atom stereocenters. The Balaban J connectivity index is 1.52. The molecule has 2 aromatic carbocycles. The molecule has 0 unspecified atom stereocenters. The summed E-state index contributed by atoms with van der Waals surface area (Å²) in [5, 5.41) is 10.6. The van der Waals surface area contributed by atoms with Gasteiger partial charge in [0.2, 0.25) is 0 Å². The minimum Gasteiger partial charge on any atom is -0.365 e. The second-order valence-electron chi connectivity index (χ2n) is 10.8. The molecule has 1 aliphatic rings. The maximum Gasteiger partial charge on any atom is 0.257 e. The average molecular weight is 528 g/mol. The number of hydrogen-bond donors (Lipinski definition) is 3. The Bertz CT molecular complexity index is 1640. The summed E-state index contributed by atoms with van der Waals surface area (Å²) in [5.41, 5.74) is 10.1. The second-order valence-corrected chi connectivity index (χ2v) is 10.8. The van der Waals surface area contributed by atoms with Crippen LogP contribution in [-0.4, -0.2) is 31.6 Å². The van der Waals surface area contributed by atoms with Crippen molar-refractivity contribution in [3.05, 3.63) is 82.1 Å². The van der Waals surface area contributed by atoms with Crippen LogP contribution in [0.2, 0.25) is 0 Å². The maximum atomic E-state index is 15.8. The Hall–Kier alpha value is -4.60. The number of primary amides is 1. The number of benzene rings is 2. The van der Waals surface area contributed by atoms with Crippen molar-refractivity contribution in [1.29, 1.82) is 0 Å². The van der Waals surface area contributed by atoms with Crippen molar-refractivity contribution in [3.8, 4) is 11.3 Å². The molecule has 0 bridgehead atoms. The molecule has 2 amide bonds. The van der Waals surface area contributed by atoms with Crippen molar-refractivity contribution in [2.75, 3.05) is 10.6 Å². The number of carbonyl (C=O) groups is 2. The molecular formula is C29H30FN7O2. The number of rotatable bonds is 4. The fourth-order valence-electron chi connectivity index (χ4n) is 4.74. The van der Waals surface area contributed by atoms with Crippen molar-refractivity contribution >= 4 is 29.1 Å². The van der Waals surface area contributed by atoms with E-state index in [0.29, 0.717) is 24.5 Å². The van der Waals surface area contributed by atoms with Gasteiger partial charge in [-0.15, -0.1) is 0 Å². The molecule has 1 aliphatic heterocycles. The third-order valence-corrected chi connectivity index (χ3v) is 6.90. The number of aromatic nitrogens is 4. The van der Waals surface area contributed by atoms with Gasteiger partial charge in [-0.2, -0.15) is 5.10 Å². The fourth-order valence-corrected chi connectivity index (χ4v) is 4.74. The summed E-state index contributed by atoms with van der Waals surface area (Å²) in [4.78, 5) is 33.8. The van der Waals surface area contributed by atoms with Crippen LogP contribution in [0.25, 0.3) is 11.3 Å². The number of halogens is 1. The SMILES string of the molecule is Cc1cncc(NC(=O)c2ccc(-c3nn4c(c3C(N)=O)Nc3ccc(C(C)(C)C)cc3CC4)c(F)c2C)n1. The third-order valence-electron chi connectivity index (χ3n) is 6.90. The first-order valence-electron chi connectivity index (χ1n) is 12.6. The molecule has 0 saturated carbocycles. The number of nitrogens with zero attached hydrogens (tertiary/aromatic N) is 4. The summed E-state index contributed by atoms with van der Waals surface area (Å²) < 4.78 is 17.4. The van der Waals surface area contributed by atoms with Gasteiger partial charge in [0.1, 0.15) is 22.9 Å². The Morgan fingerprint density at radius 1 is 1.13 bits per heavy atom. The number of carbonyl (C=O) groups excluding carboxylic acids is 2. The van der Waals surface area contributed by atoms with E-state index in [1.807, 2.05) is 6.07 Å². The smallest absolute Gasteiger partial charge is 0.257 e. The number of anilines is 3. The van der Waals surface area contributed by atoms with Gasteiger partial charge in [0.15, 0.2) is 5.82 Å². The molecule has 200 valence electrons. The van der Waals surface area contributed by atoms with E-state index in [2.05, 4.69) is 58.6 Å². The Kier molecular flexibility index (Phi) is 6.41. The number of amides is 2. The second kappa shape index (κ2) is 9.61. The molecule has 4 aromatic rings. The molecule has 9 nitrogen and oxygen atoms in total. The van der Waals surface area contributed by atoms with E-state index in [1.165, 1.54) is 30.8 Å². The van der Waals surface area contributed by atoms with E-state index in [4.69, 9.17) is 5.73 Å². The van der Waals surface area contributed by atoms with Gasteiger partial charge in [-0.1, -0.05) is 32.9 Å². The van der Waals surface area contributed by atoms with E-state index in [-0.39, 0.29) is 39.2 Å². The number of nitrogens with one attached hydrogen (secondary N) is 2. The predicted molar refractivity (Wildman–Crippen MR) is 148 cm³/mol. The number of aryl methyl sites for hydroxylation is 3. The number of fused-ring (bicyclic) bond motifs is 2. The summed E-state index contributed by atoms with van der Waals surface area (Å²) in [5.74, 6) is -1.24. The van der Waals surface area contributed by atoms with Crippen LogP contribution in [0.15, 0.2) is 42.7 Å². The third kappa shape index (κ3) is 4.85. The first kappa shape index (κ1) is 26.0. The normalized spacial score (nSPS) is 12.7. The van der Waals surface area contributed by atoms with Crippen molar-refractivity contribution in [2.24, 2.45) is 5.73 Å². The van der Waals surface area contributed by atoms with Crippen LogP contribution in [-0.2, 0) is 18.4 Å². The average Bonchev–Trinajstić information content (AvgIpc) is 3.12. The van der Waals surface area contributed by atoms with Crippen LogP contribution in [0.4, 0.5) is 21.7 Å². The standard InChI is InChI=1S/C29H30FN7O2/c1-15-13-32-14-22(33-15)35-28(39)19-7-8-20(24(30)16(19)2)25-23(26(31)38)27-34-21-9-6-18(29(3,4)5)12-17(21)10-11-37(27)36-25/h6-9,12-14,34H,10-11H2,1-5H3,(H2,31,38)(H,33,35,39). The van der Waals surface area contributed by atoms with Gasteiger partial charge >= 0.3 is 0 Å². The first-order chi connectivity index (χ1) is 18.4.